The summed E-state index contributed by atoms with van der Waals surface area (Å²) in [6.45, 7) is 2.65. The highest BCUT2D eigenvalue weighted by molar-refractivity contribution is 6.05. The number of pyridine rings is 1. The fourth-order valence-corrected chi connectivity index (χ4v) is 3.18. The van der Waals surface area contributed by atoms with Crippen molar-refractivity contribution in [3.63, 3.8) is 0 Å². The van der Waals surface area contributed by atoms with Crippen molar-refractivity contribution in [3.8, 4) is 0 Å². The van der Waals surface area contributed by atoms with Gasteiger partial charge in [-0.3, -0.25) is 19.5 Å². The molecule has 128 valence electrons. The normalized spacial score (nSPS) is 19.4. The highest BCUT2D eigenvalue weighted by atomic mass is 16.2. The van der Waals surface area contributed by atoms with Crippen molar-refractivity contribution in [2.45, 2.75) is 51.6 Å². The number of nitrogens with zero attached hydrogens (tertiary/aromatic N) is 2. The Kier molecular flexibility index (Phi) is 4.78. The van der Waals surface area contributed by atoms with Crippen LogP contribution < -0.4 is 10.6 Å². The van der Waals surface area contributed by atoms with Gasteiger partial charge in [0, 0.05) is 25.0 Å². The third-order valence-electron chi connectivity index (χ3n) is 4.41. The minimum Gasteiger partial charge on any atom is -0.352 e. The molecule has 2 heterocycles. The molecule has 0 spiro atoms. The Morgan fingerprint density at radius 3 is 3.04 bits per heavy atom. The van der Waals surface area contributed by atoms with E-state index < -0.39 is 12.1 Å². The fraction of sp³-hybridized carbons (Fsp3) is 0.529. The van der Waals surface area contributed by atoms with Gasteiger partial charge in [0.1, 0.15) is 6.04 Å². The molecule has 0 saturated carbocycles. The van der Waals surface area contributed by atoms with Crippen LogP contribution in [0, 0.1) is 0 Å². The number of hydrogen-bond acceptors (Lipinski definition) is 4. The molecule has 0 aromatic carbocycles. The first kappa shape index (κ1) is 16.4. The fourth-order valence-electron chi connectivity index (χ4n) is 3.18. The lowest BCUT2D eigenvalue weighted by atomic mass is 10.1. The predicted molar refractivity (Wildman–Crippen MR) is 87.0 cm³/mol. The van der Waals surface area contributed by atoms with Gasteiger partial charge >= 0.3 is 6.03 Å². The molecule has 2 N–H and O–H groups in total. The Labute approximate surface area is 140 Å². The summed E-state index contributed by atoms with van der Waals surface area (Å²) in [4.78, 5) is 41.5. The summed E-state index contributed by atoms with van der Waals surface area (Å²) in [5.41, 5.74) is 3.37. The molecule has 1 aromatic heterocycles. The Hall–Kier alpha value is -2.44. The molecule has 7 nitrogen and oxygen atoms in total. The first-order valence-corrected chi connectivity index (χ1v) is 8.43. The van der Waals surface area contributed by atoms with E-state index in [1.54, 1.807) is 6.20 Å². The van der Waals surface area contributed by atoms with Crippen LogP contribution in [0.3, 0.4) is 0 Å². The number of aryl methyl sites for hydroxylation is 2. The maximum Gasteiger partial charge on any atom is 0.324 e. The van der Waals surface area contributed by atoms with E-state index in [1.165, 1.54) is 10.5 Å². The van der Waals surface area contributed by atoms with Crippen LogP contribution in [0.2, 0.25) is 0 Å². The number of hydrogen-bond donors (Lipinski definition) is 2. The van der Waals surface area contributed by atoms with E-state index in [4.69, 9.17) is 0 Å². The summed E-state index contributed by atoms with van der Waals surface area (Å²) < 4.78 is 0. The summed E-state index contributed by atoms with van der Waals surface area (Å²) in [6.07, 6.45) is 5.65. The van der Waals surface area contributed by atoms with Gasteiger partial charge in [-0.2, -0.15) is 0 Å². The topological polar surface area (TPSA) is 91.4 Å². The molecule has 2 aliphatic rings. The molecule has 4 amide bonds. The number of rotatable bonds is 6. The lowest BCUT2D eigenvalue weighted by molar-refractivity contribution is -0.130. The van der Waals surface area contributed by atoms with Gasteiger partial charge in [0.2, 0.25) is 5.91 Å². The number of nitrogens with one attached hydrogen (secondary N) is 2. The number of urea groups is 1. The minimum atomic E-state index is -0.762. The summed E-state index contributed by atoms with van der Waals surface area (Å²) in [6, 6.07) is 0.908. The maximum atomic E-state index is 12.1. The highest BCUT2D eigenvalue weighted by Gasteiger charge is 2.38. The standard InChI is InChI=1S/C17H22N4O3/c1-2-6-21-16(23)14(20-17(21)24)8-15(22)19-10-11-7-12-4-3-5-13(12)18-9-11/h7,9,14H,2-6,8,10H2,1H3,(H,19,22)(H,20,24)/t14-/m0/s1. The summed E-state index contributed by atoms with van der Waals surface area (Å²) in [5, 5.41) is 5.36. The minimum absolute atomic E-state index is 0.0385. The molecule has 1 aliphatic carbocycles. The maximum absolute atomic E-state index is 12.1. The van der Waals surface area contributed by atoms with Crippen molar-refractivity contribution < 1.29 is 14.4 Å². The van der Waals surface area contributed by atoms with Crippen LogP contribution in [0.15, 0.2) is 12.3 Å². The van der Waals surface area contributed by atoms with Crippen LogP contribution in [0.1, 0.15) is 43.0 Å². The monoisotopic (exact) mass is 330 g/mol. The molecule has 24 heavy (non-hydrogen) atoms. The predicted octanol–water partition coefficient (Wildman–Crippen LogP) is 0.907. The summed E-state index contributed by atoms with van der Waals surface area (Å²) in [7, 11) is 0. The van der Waals surface area contributed by atoms with Crippen molar-refractivity contribution in [2.24, 2.45) is 0 Å². The van der Waals surface area contributed by atoms with Gasteiger partial charge in [-0.05, 0) is 36.8 Å². The van der Waals surface area contributed by atoms with Gasteiger partial charge < -0.3 is 10.6 Å². The van der Waals surface area contributed by atoms with E-state index in [1.807, 2.05) is 6.92 Å². The summed E-state index contributed by atoms with van der Waals surface area (Å²) in [5.74, 6) is -0.580. The molecule has 1 fully saturated rings. The zero-order chi connectivity index (χ0) is 17.1. The molecule has 0 radical (unpaired) electrons. The van der Waals surface area contributed by atoms with Crippen LogP contribution in [-0.4, -0.2) is 40.3 Å². The number of aromatic nitrogens is 1. The summed E-state index contributed by atoms with van der Waals surface area (Å²) >= 11 is 0. The van der Waals surface area contributed by atoms with Gasteiger partial charge in [-0.15, -0.1) is 0 Å². The highest BCUT2D eigenvalue weighted by Crippen LogP contribution is 2.20. The number of imide groups is 1. The van der Waals surface area contributed by atoms with Crippen LogP contribution in [-0.2, 0) is 29.0 Å². The van der Waals surface area contributed by atoms with Crippen molar-refractivity contribution in [2.75, 3.05) is 6.54 Å². The molecule has 1 saturated heterocycles. The third kappa shape index (κ3) is 3.39. The van der Waals surface area contributed by atoms with Crippen LogP contribution in [0.4, 0.5) is 4.79 Å². The van der Waals surface area contributed by atoms with Gasteiger partial charge in [0.25, 0.3) is 5.91 Å². The molecule has 0 unspecified atom stereocenters. The number of carbonyl (C=O) groups excluding carboxylic acids is 3. The van der Waals surface area contributed by atoms with Gasteiger partial charge in [-0.25, -0.2) is 4.79 Å². The average Bonchev–Trinajstić information content (AvgIpc) is 3.13. The SMILES string of the molecule is CCCN1C(=O)N[C@@H](CC(=O)NCc2cnc3c(c2)CCC3)C1=O. The molecule has 7 heteroatoms. The van der Waals surface area contributed by atoms with Crippen molar-refractivity contribution in [1.29, 1.82) is 0 Å². The largest absolute Gasteiger partial charge is 0.352 e. The second-order valence-corrected chi connectivity index (χ2v) is 6.28. The third-order valence-corrected chi connectivity index (χ3v) is 4.41. The van der Waals surface area contributed by atoms with E-state index in [9.17, 15) is 14.4 Å². The zero-order valence-corrected chi connectivity index (χ0v) is 13.8. The van der Waals surface area contributed by atoms with Crippen molar-refractivity contribution in [1.82, 2.24) is 20.5 Å². The van der Waals surface area contributed by atoms with Gasteiger partial charge in [0.15, 0.2) is 0 Å². The molecule has 1 aromatic rings. The Morgan fingerprint density at radius 2 is 2.25 bits per heavy atom. The lowest BCUT2D eigenvalue weighted by Gasteiger charge is -2.11. The second-order valence-electron chi connectivity index (χ2n) is 6.28. The average molecular weight is 330 g/mol. The molecular weight excluding hydrogens is 308 g/mol. The van der Waals surface area contributed by atoms with Crippen molar-refractivity contribution in [3.05, 3.63) is 29.1 Å². The van der Waals surface area contributed by atoms with Crippen LogP contribution >= 0.6 is 0 Å². The number of fused-ring (bicyclic) bond motifs is 1. The molecule has 1 atom stereocenters. The molecule has 3 rings (SSSR count). The van der Waals surface area contributed by atoms with Crippen LogP contribution in [0.25, 0.3) is 0 Å². The van der Waals surface area contributed by atoms with Gasteiger partial charge in [-0.1, -0.05) is 13.0 Å². The first-order chi connectivity index (χ1) is 11.6. The Morgan fingerprint density at radius 1 is 1.42 bits per heavy atom. The van der Waals surface area contributed by atoms with Crippen LogP contribution in [0.5, 0.6) is 0 Å². The number of carbonyl (C=O) groups is 3. The smallest absolute Gasteiger partial charge is 0.324 e. The van der Waals surface area contributed by atoms with E-state index in [0.29, 0.717) is 19.5 Å². The van der Waals surface area contributed by atoms with Gasteiger partial charge in [0.05, 0.1) is 6.42 Å². The van der Waals surface area contributed by atoms with E-state index in [2.05, 4.69) is 21.7 Å². The quantitative estimate of drug-likeness (QED) is 0.758. The zero-order valence-electron chi connectivity index (χ0n) is 13.8. The Balaban J connectivity index is 1.51. The molecule has 1 aliphatic heterocycles. The number of amides is 4. The van der Waals surface area contributed by atoms with E-state index >= 15 is 0 Å². The molecule has 0 bridgehead atoms. The molecular formula is C17H22N4O3. The lowest BCUT2D eigenvalue weighted by Crippen LogP contribution is -2.36. The van der Waals surface area contributed by atoms with E-state index in [0.717, 1.165) is 30.5 Å². The van der Waals surface area contributed by atoms with Crippen molar-refractivity contribution >= 4 is 17.8 Å². The second kappa shape index (κ2) is 6.98. The van der Waals surface area contributed by atoms with E-state index in [-0.39, 0.29) is 18.2 Å². The first-order valence-electron chi connectivity index (χ1n) is 8.43. The Bertz CT molecular complexity index is 674.